The SMILES string of the molecule is COc1ncccc1C(=O)N1CCN(c2ccc(N3CCCCCC3)nn2)CC1. The Bertz CT molecular complexity index is 812. The summed E-state index contributed by atoms with van der Waals surface area (Å²) >= 11 is 0. The molecule has 2 saturated heterocycles. The molecule has 0 atom stereocenters. The highest BCUT2D eigenvalue weighted by molar-refractivity contribution is 5.96. The lowest BCUT2D eigenvalue weighted by atomic mass is 10.2. The summed E-state index contributed by atoms with van der Waals surface area (Å²) in [5.74, 6) is 2.16. The Morgan fingerprint density at radius 2 is 1.48 bits per heavy atom. The normalized spacial score (nSPS) is 17.8. The predicted molar refractivity (Wildman–Crippen MR) is 112 cm³/mol. The highest BCUT2D eigenvalue weighted by atomic mass is 16.5. The fourth-order valence-electron chi connectivity index (χ4n) is 3.98. The number of pyridine rings is 1. The van der Waals surface area contributed by atoms with Gasteiger partial charge in [0, 0.05) is 45.5 Å². The maximum Gasteiger partial charge on any atom is 0.259 e. The van der Waals surface area contributed by atoms with Crippen LogP contribution < -0.4 is 14.5 Å². The second kappa shape index (κ2) is 9.07. The van der Waals surface area contributed by atoms with Crippen LogP contribution in [0.25, 0.3) is 0 Å². The first-order chi connectivity index (χ1) is 14.3. The molecule has 4 rings (SSSR count). The fourth-order valence-corrected chi connectivity index (χ4v) is 3.98. The molecule has 2 fully saturated rings. The van der Waals surface area contributed by atoms with Gasteiger partial charge < -0.3 is 19.4 Å². The Hall–Kier alpha value is -2.90. The molecule has 0 N–H and O–H groups in total. The second-order valence-corrected chi connectivity index (χ2v) is 7.49. The van der Waals surface area contributed by atoms with Gasteiger partial charge in [0.25, 0.3) is 5.91 Å². The van der Waals surface area contributed by atoms with Crippen LogP contribution in [0.2, 0.25) is 0 Å². The van der Waals surface area contributed by atoms with Gasteiger partial charge in [0.15, 0.2) is 11.6 Å². The van der Waals surface area contributed by atoms with E-state index < -0.39 is 0 Å². The molecule has 0 saturated carbocycles. The van der Waals surface area contributed by atoms with Gasteiger partial charge in [-0.3, -0.25) is 4.79 Å². The number of carbonyl (C=O) groups excluding carboxylic acids is 1. The standard InChI is InChI=1S/C21H28N6O2/c1-29-20-17(7-6-10-22-20)21(28)27-15-13-26(14-16-27)19-9-8-18(23-24-19)25-11-4-2-3-5-12-25/h6-10H,2-5,11-16H2,1H3. The lowest BCUT2D eigenvalue weighted by Crippen LogP contribution is -2.49. The zero-order valence-electron chi connectivity index (χ0n) is 17.0. The van der Waals surface area contributed by atoms with Crippen LogP contribution in [-0.2, 0) is 0 Å². The van der Waals surface area contributed by atoms with E-state index in [0.717, 1.165) is 37.8 Å². The summed E-state index contributed by atoms with van der Waals surface area (Å²) in [5, 5.41) is 8.94. The third-order valence-electron chi connectivity index (χ3n) is 5.65. The zero-order valence-corrected chi connectivity index (χ0v) is 17.0. The summed E-state index contributed by atoms with van der Waals surface area (Å²) in [4.78, 5) is 23.3. The average molecular weight is 396 g/mol. The number of hydrogen-bond donors (Lipinski definition) is 0. The molecule has 0 spiro atoms. The Labute approximate surface area is 171 Å². The number of anilines is 2. The summed E-state index contributed by atoms with van der Waals surface area (Å²) in [5.41, 5.74) is 0.505. The van der Waals surface area contributed by atoms with E-state index in [-0.39, 0.29) is 5.91 Å². The lowest BCUT2D eigenvalue weighted by molar-refractivity contribution is 0.0742. The lowest BCUT2D eigenvalue weighted by Gasteiger charge is -2.35. The number of ether oxygens (including phenoxy) is 1. The molecular formula is C21H28N6O2. The monoisotopic (exact) mass is 396 g/mol. The van der Waals surface area contributed by atoms with Gasteiger partial charge in [0.1, 0.15) is 5.56 Å². The van der Waals surface area contributed by atoms with Gasteiger partial charge >= 0.3 is 0 Å². The van der Waals surface area contributed by atoms with Crippen LogP contribution in [0.3, 0.4) is 0 Å². The van der Waals surface area contributed by atoms with Crippen LogP contribution in [0.15, 0.2) is 30.5 Å². The molecule has 8 nitrogen and oxygen atoms in total. The number of rotatable bonds is 4. The maximum absolute atomic E-state index is 12.8. The average Bonchev–Trinajstić information content (AvgIpc) is 3.08. The molecule has 2 aromatic heterocycles. The van der Waals surface area contributed by atoms with Crippen LogP contribution in [-0.4, -0.2) is 72.4 Å². The molecule has 0 radical (unpaired) electrons. The molecule has 154 valence electrons. The number of piperazine rings is 1. The Morgan fingerprint density at radius 3 is 2.07 bits per heavy atom. The summed E-state index contributed by atoms with van der Waals surface area (Å²) in [7, 11) is 1.53. The summed E-state index contributed by atoms with van der Waals surface area (Å²) < 4.78 is 5.23. The molecule has 2 aliphatic rings. The molecule has 2 aromatic rings. The Balaban J connectivity index is 1.36. The van der Waals surface area contributed by atoms with E-state index in [0.29, 0.717) is 24.5 Å². The molecule has 1 amide bonds. The predicted octanol–water partition coefficient (Wildman–Crippen LogP) is 2.22. The number of hydrogen-bond acceptors (Lipinski definition) is 7. The molecular weight excluding hydrogens is 368 g/mol. The molecule has 0 aromatic carbocycles. The van der Waals surface area contributed by atoms with Gasteiger partial charge in [-0.25, -0.2) is 4.98 Å². The number of amides is 1. The van der Waals surface area contributed by atoms with Crippen molar-refractivity contribution in [3.63, 3.8) is 0 Å². The van der Waals surface area contributed by atoms with Crippen molar-refractivity contribution < 1.29 is 9.53 Å². The largest absolute Gasteiger partial charge is 0.480 e. The molecule has 29 heavy (non-hydrogen) atoms. The van der Waals surface area contributed by atoms with Crippen LogP contribution in [0.4, 0.5) is 11.6 Å². The van der Waals surface area contributed by atoms with E-state index in [4.69, 9.17) is 4.74 Å². The quantitative estimate of drug-likeness (QED) is 0.784. The van der Waals surface area contributed by atoms with E-state index in [2.05, 4.69) is 37.1 Å². The van der Waals surface area contributed by atoms with Gasteiger partial charge in [-0.2, -0.15) is 0 Å². The number of nitrogens with zero attached hydrogens (tertiary/aromatic N) is 6. The van der Waals surface area contributed by atoms with Crippen molar-refractivity contribution in [2.75, 3.05) is 56.2 Å². The van der Waals surface area contributed by atoms with Gasteiger partial charge in [-0.05, 0) is 37.1 Å². The molecule has 0 unspecified atom stereocenters. The molecule has 8 heteroatoms. The molecule has 0 aliphatic carbocycles. The van der Waals surface area contributed by atoms with E-state index in [1.165, 1.54) is 32.8 Å². The molecule has 4 heterocycles. The first kappa shape index (κ1) is 19.4. The third-order valence-corrected chi connectivity index (χ3v) is 5.65. The van der Waals surface area contributed by atoms with Crippen LogP contribution >= 0.6 is 0 Å². The Kier molecular flexibility index (Phi) is 6.07. The van der Waals surface area contributed by atoms with E-state index in [1.54, 1.807) is 18.3 Å². The fraction of sp³-hybridized carbons (Fsp3) is 0.524. The van der Waals surface area contributed by atoms with Gasteiger partial charge in [-0.1, -0.05) is 12.8 Å². The molecule has 2 aliphatic heterocycles. The smallest absolute Gasteiger partial charge is 0.259 e. The summed E-state index contributed by atoms with van der Waals surface area (Å²) in [6.07, 6.45) is 6.68. The zero-order chi connectivity index (χ0) is 20.1. The second-order valence-electron chi connectivity index (χ2n) is 7.49. The van der Waals surface area contributed by atoms with Crippen molar-refractivity contribution >= 4 is 17.5 Å². The summed E-state index contributed by atoms with van der Waals surface area (Å²) in [6, 6.07) is 7.64. The number of methoxy groups -OCH3 is 1. The Morgan fingerprint density at radius 1 is 0.862 bits per heavy atom. The van der Waals surface area contributed by atoms with Crippen LogP contribution in [0.5, 0.6) is 5.88 Å². The van der Waals surface area contributed by atoms with Crippen molar-refractivity contribution in [1.29, 1.82) is 0 Å². The topological polar surface area (TPSA) is 74.7 Å². The van der Waals surface area contributed by atoms with Crippen molar-refractivity contribution in [1.82, 2.24) is 20.1 Å². The summed E-state index contributed by atoms with van der Waals surface area (Å²) in [6.45, 7) is 4.84. The third kappa shape index (κ3) is 4.41. The first-order valence-electron chi connectivity index (χ1n) is 10.4. The van der Waals surface area contributed by atoms with Crippen molar-refractivity contribution in [2.24, 2.45) is 0 Å². The van der Waals surface area contributed by atoms with Crippen molar-refractivity contribution in [3.05, 3.63) is 36.0 Å². The van der Waals surface area contributed by atoms with Crippen molar-refractivity contribution in [2.45, 2.75) is 25.7 Å². The van der Waals surface area contributed by atoms with E-state index in [9.17, 15) is 4.79 Å². The first-order valence-corrected chi connectivity index (χ1v) is 10.4. The van der Waals surface area contributed by atoms with Gasteiger partial charge in [0.05, 0.1) is 7.11 Å². The van der Waals surface area contributed by atoms with Gasteiger partial charge in [-0.15, -0.1) is 10.2 Å². The van der Waals surface area contributed by atoms with E-state index in [1.807, 2.05) is 4.90 Å². The highest BCUT2D eigenvalue weighted by Crippen LogP contribution is 2.21. The number of carbonyl (C=O) groups is 1. The highest BCUT2D eigenvalue weighted by Gasteiger charge is 2.25. The maximum atomic E-state index is 12.8. The minimum absolute atomic E-state index is 0.0443. The van der Waals surface area contributed by atoms with E-state index >= 15 is 0 Å². The minimum Gasteiger partial charge on any atom is -0.480 e. The molecule has 0 bridgehead atoms. The minimum atomic E-state index is -0.0443. The van der Waals surface area contributed by atoms with Crippen molar-refractivity contribution in [3.8, 4) is 5.88 Å². The van der Waals surface area contributed by atoms with Gasteiger partial charge in [0.2, 0.25) is 5.88 Å². The van der Waals surface area contributed by atoms with Crippen LogP contribution in [0, 0.1) is 0 Å². The number of aromatic nitrogens is 3. The van der Waals surface area contributed by atoms with Crippen LogP contribution in [0.1, 0.15) is 36.0 Å².